The van der Waals surface area contributed by atoms with Gasteiger partial charge in [-0.1, -0.05) is 0 Å². The van der Waals surface area contributed by atoms with Gasteiger partial charge < -0.3 is 19.9 Å². The molecule has 23 heavy (non-hydrogen) atoms. The fourth-order valence-electron chi connectivity index (χ4n) is 1.74. The zero-order valence-corrected chi connectivity index (χ0v) is 12.6. The van der Waals surface area contributed by atoms with Gasteiger partial charge in [-0.25, -0.2) is 9.97 Å². The number of carbonyl (C=O) groups excluding carboxylic acids is 2. The second kappa shape index (κ2) is 7.21. The van der Waals surface area contributed by atoms with Gasteiger partial charge in [0.05, 0.1) is 26.1 Å². The van der Waals surface area contributed by atoms with Gasteiger partial charge in [-0.05, 0) is 24.3 Å². The first-order valence-corrected chi connectivity index (χ1v) is 6.60. The number of aromatic nitrogens is 2. The molecule has 0 atom stereocenters. The minimum absolute atomic E-state index is 0.276. The predicted molar refractivity (Wildman–Crippen MR) is 80.0 cm³/mol. The van der Waals surface area contributed by atoms with Gasteiger partial charge in [-0.3, -0.25) is 9.59 Å². The van der Waals surface area contributed by atoms with Crippen LogP contribution >= 0.6 is 0 Å². The van der Waals surface area contributed by atoms with Crippen LogP contribution in [0.4, 0.5) is 0 Å². The Kier molecular flexibility index (Phi) is 5.08. The lowest BCUT2D eigenvalue weighted by Gasteiger charge is -2.07. The highest BCUT2D eigenvalue weighted by Gasteiger charge is 2.17. The first kappa shape index (κ1) is 16.2. The SMILES string of the molecule is COC(=O)CNC(=O)c1nc(-c2ccc(OC)cc2)cnc1O. The van der Waals surface area contributed by atoms with E-state index in [1.165, 1.54) is 13.3 Å². The van der Waals surface area contributed by atoms with Crippen molar-refractivity contribution in [3.05, 3.63) is 36.2 Å². The lowest BCUT2D eigenvalue weighted by Crippen LogP contribution is -2.31. The van der Waals surface area contributed by atoms with E-state index >= 15 is 0 Å². The van der Waals surface area contributed by atoms with Gasteiger partial charge in [0.2, 0.25) is 5.88 Å². The molecular formula is C15H15N3O5. The second-order valence-corrected chi connectivity index (χ2v) is 4.41. The molecule has 0 aliphatic heterocycles. The number of methoxy groups -OCH3 is 2. The Bertz CT molecular complexity index is 716. The van der Waals surface area contributed by atoms with E-state index in [1.54, 1.807) is 31.4 Å². The number of benzene rings is 1. The predicted octanol–water partition coefficient (Wildman–Crippen LogP) is 0.761. The maximum absolute atomic E-state index is 12.0. The van der Waals surface area contributed by atoms with E-state index in [0.29, 0.717) is 17.0 Å². The third kappa shape index (κ3) is 3.94. The van der Waals surface area contributed by atoms with Crippen LogP contribution in [0.3, 0.4) is 0 Å². The first-order valence-electron chi connectivity index (χ1n) is 6.60. The molecule has 0 bridgehead atoms. The number of nitrogens with one attached hydrogen (secondary N) is 1. The summed E-state index contributed by atoms with van der Waals surface area (Å²) in [6.07, 6.45) is 1.34. The molecule has 2 rings (SSSR count). The summed E-state index contributed by atoms with van der Waals surface area (Å²) in [6.45, 7) is -0.330. The molecule has 1 heterocycles. The number of esters is 1. The van der Waals surface area contributed by atoms with E-state index < -0.39 is 17.8 Å². The highest BCUT2D eigenvalue weighted by atomic mass is 16.5. The number of ether oxygens (including phenoxy) is 2. The molecule has 0 aliphatic rings. The second-order valence-electron chi connectivity index (χ2n) is 4.41. The fraction of sp³-hybridized carbons (Fsp3) is 0.200. The molecule has 8 nitrogen and oxygen atoms in total. The average Bonchev–Trinajstić information content (AvgIpc) is 2.59. The van der Waals surface area contributed by atoms with Crippen LogP contribution in [-0.2, 0) is 9.53 Å². The van der Waals surface area contributed by atoms with Gasteiger partial charge in [-0.15, -0.1) is 0 Å². The van der Waals surface area contributed by atoms with Crippen LogP contribution in [0.2, 0.25) is 0 Å². The van der Waals surface area contributed by atoms with Crippen molar-refractivity contribution >= 4 is 11.9 Å². The Labute approximate surface area is 132 Å². The molecule has 2 aromatic rings. The van der Waals surface area contributed by atoms with E-state index in [0.717, 1.165) is 0 Å². The number of rotatable bonds is 5. The first-order chi connectivity index (χ1) is 11.0. The number of carbonyl (C=O) groups is 2. The van der Waals surface area contributed by atoms with Crippen LogP contribution in [0.5, 0.6) is 11.6 Å². The van der Waals surface area contributed by atoms with Gasteiger partial charge in [0.15, 0.2) is 5.69 Å². The summed E-state index contributed by atoms with van der Waals surface area (Å²) in [7, 11) is 2.76. The number of hydrogen-bond acceptors (Lipinski definition) is 7. The van der Waals surface area contributed by atoms with Gasteiger partial charge in [0.25, 0.3) is 5.91 Å². The Morgan fingerprint density at radius 3 is 2.52 bits per heavy atom. The van der Waals surface area contributed by atoms with Gasteiger partial charge in [0.1, 0.15) is 12.3 Å². The fourth-order valence-corrected chi connectivity index (χ4v) is 1.74. The maximum Gasteiger partial charge on any atom is 0.325 e. The van der Waals surface area contributed by atoms with Crippen LogP contribution in [0.15, 0.2) is 30.5 Å². The summed E-state index contributed by atoms with van der Waals surface area (Å²) < 4.78 is 9.48. The minimum atomic E-state index is -0.726. The van der Waals surface area contributed by atoms with Crippen molar-refractivity contribution < 1.29 is 24.2 Å². The highest BCUT2D eigenvalue weighted by molar-refractivity contribution is 5.96. The summed E-state index contributed by atoms with van der Waals surface area (Å²) in [5.41, 5.74) is 0.816. The molecule has 0 fully saturated rings. The number of amides is 1. The topological polar surface area (TPSA) is 111 Å². The van der Waals surface area contributed by atoms with Crippen LogP contribution < -0.4 is 10.1 Å². The summed E-state index contributed by atoms with van der Waals surface area (Å²) in [6, 6.07) is 6.97. The van der Waals surface area contributed by atoms with Crippen molar-refractivity contribution in [1.29, 1.82) is 0 Å². The third-order valence-corrected chi connectivity index (χ3v) is 2.97. The minimum Gasteiger partial charge on any atom is -0.497 e. The number of hydrogen-bond donors (Lipinski definition) is 2. The lowest BCUT2D eigenvalue weighted by atomic mass is 10.1. The molecule has 0 saturated carbocycles. The van der Waals surface area contributed by atoms with Crippen LogP contribution in [0, 0.1) is 0 Å². The molecule has 0 spiro atoms. The maximum atomic E-state index is 12.0. The van der Waals surface area contributed by atoms with Crippen molar-refractivity contribution in [2.24, 2.45) is 0 Å². The Morgan fingerprint density at radius 2 is 1.91 bits per heavy atom. The largest absolute Gasteiger partial charge is 0.497 e. The van der Waals surface area contributed by atoms with Crippen molar-refractivity contribution in [1.82, 2.24) is 15.3 Å². The Balaban J connectivity index is 2.23. The Morgan fingerprint density at radius 1 is 1.22 bits per heavy atom. The summed E-state index contributed by atoms with van der Waals surface area (Å²) in [5.74, 6) is -1.19. The van der Waals surface area contributed by atoms with E-state index in [2.05, 4.69) is 20.0 Å². The summed E-state index contributed by atoms with van der Waals surface area (Å²) in [4.78, 5) is 30.8. The quantitative estimate of drug-likeness (QED) is 0.783. The van der Waals surface area contributed by atoms with E-state index in [4.69, 9.17) is 4.74 Å². The average molecular weight is 317 g/mol. The number of aromatic hydroxyl groups is 1. The zero-order valence-electron chi connectivity index (χ0n) is 12.6. The van der Waals surface area contributed by atoms with Crippen LogP contribution in [-0.4, -0.2) is 47.7 Å². The summed E-state index contributed by atoms with van der Waals surface area (Å²) >= 11 is 0. The molecule has 0 saturated heterocycles. The van der Waals surface area contributed by atoms with E-state index in [9.17, 15) is 14.7 Å². The lowest BCUT2D eigenvalue weighted by molar-refractivity contribution is -0.139. The molecule has 120 valence electrons. The summed E-state index contributed by atoms with van der Waals surface area (Å²) in [5, 5.41) is 12.0. The van der Waals surface area contributed by atoms with Crippen LogP contribution in [0.1, 0.15) is 10.5 Å². The zero-order chi connectivity index (χ0) is 16.8. The van der Waals surface area contributed by atoms with E-state index in [1.807, 2.05) is 0 Å². The monoisotopic (exact) mass is 317 g/mol. The molecule has 0 aliphatic carbocycles. The third-order valence-electron chi connectivity index (χ3n) is 2.97. The molecule has 1 aromatic carbocycles. The standard InChI is InChI=1S/C15H15N3O5/c1-22-10-5-3-9(4-6-10)11-7-16-14(20)13(18-11)15(21)17-8-12(19)23-2/h3-7H,8H2,1-2H3,(H,16,20)(H,17,21). The van der Waals surface area contributed by atoms with Crippen molar-refractivity contribution in [2.45, 2.75) is 0 Å². The molecule has 0 radical (unpaired) electrons. The molecule has 1 amide bonds. The van der Waals surface area contributed by atoms with Gasteiger partial charge >= 0.3 is 5.97 Å². The highest BCUT2D eigenvalue weighted by Crippen LogP contribution is 2.22. The van der Waals surface area contributed by atoms with E-state index in [-0.39, 0.29) is 12.2 Å². The smallest absolute Gasteiger partial charge is 0.325 e. The molecule has 8 heteroatoms. The van der Waals surface area contributed by atoms with Crippen molar-refractivity contribution in [2.75, 3.05) is 20.8 Å². The van der Waals surface area contributed by atoms with Gasteiger partial charge in [-0.2, -0.15) is 0 Å². The Hall–Kier alpha value is -3.16. The molecular weight excluding hydrogens is 302 g/mol. The van der Waals surface area contributed by atoms with Crippen molar-refractivity contribution in [3.8, 4) is 22.9 Å². The molecule has 0 unspecified atom stereocenters. The number of nitrogens with zero attached hydrogens (tertiary/aromatic N) is 2. The molecule has 1 aromatic heterocycles. The normalized spacial score (nSPS) is 10.0. The van der Waals surface area contributed by atoms with Gasteiger partial charge in [0, 0.05) is 5.56 Å². The van der Waals surface area contributed by atoms with Crippen molar-refractivity contribution in [3.63, 3.8) is 0 Å². The molecule has 2 N–H and O–H groups in total. The van der Waals surface area contributed by atoms with Crippen LogP contribution in [0.25, 0.3) is 11.3 Å².